The van der Waals surface area contributed by atoms with Crippen LogP contribution < -0.4 is 5.56 Å². The molecule has 4 nitrogen and oxygen atoms in total. The fourth-order valence-electron chi connectivity index (χ4n) is 2.91. The van der Waals surface area contributed by atoms with Crippen LogP contribution in [0.5, 0.6) is 0 Å². The van der Waals surface area contributed by atoms with Gasteiger partial charge in [0.25, 0.3) is 5.56 Å². The molecule has 0 aliphatic rings. The number of para-hydroxylation sites is 1. The van der Waals surface area contributed by atoms with E-state index >= 15 is 0 Å². The Kier molecular flexibility index (Phi) is 5.90. The molecule has 0 amide bonds. The molecule has 1 heterocycles. The van der Waals surface area contributed by atoms with Crippen LogP contribution in [0.2, 0.25) is 10.0 Å². The lowest BCUT2D eigenvalue weighted by Gasteiger charge is -2.13. The lowest BCUT2D eigenvalue weighted by molar-refractivity contribution is 0.102. The highest BCUT2D eigenvalue weighted by atomic mass is 35.5. The molecule has 3 aromatic carbocycles. The average molecular weight is 459 g/mol. The van der Waals surface area contributed by atoms with Gasteiger partial charge in [-0.05, 0) is 54.6 Å². The van der Waals surface area contributed by atoms with E-state index in [2.05, 4.69) is 4.98 Å². The number of nitrogens with zero attached hydrogens (tertiary/aromatic N) is 2. The van der Waals surface area contributed by atoms with E-state index in [-0.39, 0.29) is 22.1 Å². The van der Waals surface area contributed by atoms with Crippen molar-refractivity contribution < 1.29 is 9.18 Å². The first-order chi connectivity index (χ1) is 14.4. The number of benzene rings is 3. The molecule has 0 bridgehead atoms. The Balaban J connectivity index is 1.77. The number of carbonyl (C=O) groups is 1. The van der Waals surface area contributed by atoms with E-state index in [0.29, 0.717) is 32.3 Å². The summed E-state index contributed by atoms with van der Waals surface area (Å²) in [6.07, 6.45) is 0. The molecule has 0 N–H and O–H groups in total. The predicted octanol–water partition coefficient (Wildman–Crippen LogP) is 5.81. The molecule has 0 unspecified atom stereocenters. The Morgan fingerprint density at radius 2 is 1.77 bits per heavy atom. The second-order valence-corrected chi connectivity index (χ2v) is 8.16. The summed E-state index contributed by atoms with van der Waals surface area (Å²) in [7, 11) is 0. The Labute approximate surface area is 185 Å². The van der Waals surface area contributed by atoms with Crippen LogP contribution in [0.1, 0.15) is 10.4 Å². The molecule has 4 aromatic rings. The summed E-state index contributed by atoms with van der Waals surface area (Å²) in [6, 6.07) is 17.5. The maximum atomic E-state index is 13.6. The van der Waals surface area contributed by atoms with Crippen molar-refractivity contribution in [2.45, 2.75) is 5.16 Å². The van der Waals surface area contributed by atoms with Crippen LogP contribution in [0.3, 0.4) is 0 Å². The van der Waals surface area contributed by atoms with Gasteiger partial charge in [0.15, 0.2) is 10.9 Å². The maximum Gasteiger partial charge on any atom is 0.266 e. The van der Waals surface area contributed by atoms with Crippen LogP contribution in [-0.2, 0) is 0 Å². The molecule has 0 saturated heterocycles. The summed E-state index contributed by atoms with van der Waals surface area (Å²) < 4.78 is 15.0. The van der Waals surface area contributed by atoms with Gasteiger partial charge in [-0.3, -0.25) is 14.2 Å². The molecular formula is C22H13Cl2FN2O2S. The Hall–Kier alpha value is -2.67. The molecule has 0 aliphatic carbocycles. The second kappa shape index (κ2) is 8.60. The van der Waals surface area contributed by atoms with Crippen molar-refractivity contribution in [1.29, 1.82) is 0 Å². The largest absolute Gasteiger partial charge is 0.293 e. The zero-order valence-corrected chi connectivity index (χ0v) is 17.6. The minimum absolute atomic E-state index is 0.0569. The minimum atomic E-state index is -0.589. The van der Waals surface area contributed by atoms with Crippen LogP contribution in [0.4, 0.5) is 4.39 Å². The van der Waals surface area contributed by atoms with Gasteiger partial charge in [-0.25, -0.2) is 9.37 Å². The molecule has 4 rings (SSSR count). The van der Waals surface area contributed by atoms with E-state index in [1.807, 2.05) is 0 Å². The summed E-state index contributed by atoms with van der Waals surface area (Å²) in [5.41, 5.74) is 1.05. The van der Waals surface area contributed by atoms with Gasteiger partial charge in [0, 0.05) is 10.6 Å². The Morgan fingerprint density at radius 1 is 1.03 bits per heavy atom. The molecule has 150 valence electrons. The Morgan fingerprint density at radius 3 is 2.50 bits per heavy atom. The number of hydrogen-bond acceptors (Lipinski definition) is 4. The first kappa shape index (κ1) is 20.6. The van der Waals surface area contributed by atoms with Crippen molar-refractivity contribution >= 4 is 51.6 Å². The van der Waals surface area contributed by atoms with Gasteiger partial charge in [0.05, 0.1) is 27.4 Å². The highest BCUT2D eigenvalue weighted by Crippen LogP contribution is 2.25. The van der Waals surface area contributed by atoms with Gasteiger partial charge in [-0.15, -0.1) is 0 Å². The van der Waals surface area contributed by atoms with Crippen LogP contribution in [0, 0.1) is 5.82 Å². The molecule has 0 fully saturated rings. The van der Waals surface area contributed by atoms with Crippen LogP contribution in [0.25, 0.3) is 16.6 Å². The van der Waals surface area contributed by atoms with Gasteiger partial charge in [0.1, 0.15) is 5.82 Å². The van der Waals surface area contributed by atoms with Gasteiger partial charge >= 0.3 is 0 Å². The minimum Gasteiger partial charge on any atom is -0.293 e. The van der Waals surface area contributed by atoms with Gasteiger partial charge < -0.3 is 0 Å². The third-order valence-corrected chi connectivity index (χ3v) is 5.89. The molecule has 0 saturated carbocycles. The lowest BCUT2D eigenvalue weighted by Crippen LogP contribution is -2.22. The molecule has 30 heavy (non-hydrogen) atoms. The van der Waals surface area contributed by atoms with Gasteiger partial charge in [0.2, 0.25) is 0 Å². The summed E-state index contributed by atoms with van der Waals surface area (Å²) in [4.78, 5) is 30.3. The SMILES string of the molecule is O=C(CSc1nc2ccccc2c(=O)n1-c1ccc(F)c(Cl)c1)c1ccc(Cl)cc1. The molecule has 8 heteroatoms. The van der Waals surface area contributed by atoms with Gasteiger partial charge in [-0.2, -0.15) is 0 Å². The zero-order chi connectivity index (χ0) is 21.3. The zero-order valence-electron chi connectivity index (χ0n) is 15.3. The van der Waals surface area contributed by atoms with Crippen LogP contribution in [0.15, 0.2) is 76.7 Å². The topological polar surface area (TPSA) is 52.0 Å². The van der Waals surface area contributed by atoms with Gasteiger partial charge in [-0.1, -0.05) is 47.1 Å². The second-order valence-electron chi connectivity index (χ2n) is 6.37. The van der Waals surface area contributed by atoms with E-state index < -0.39 is 5.82 Å². The Bertz CT molecular complexity index is 1320. The summed E-state index contributed by atoms with van der Waals surface area (Å²) in [6.45, 7) is 0. The number of rotatable bonds is 5. The number of hydrogen-bond donors (Lipinski definition) is 0. The van der Waals surface area contributed by atoms with Crippen molar-refractivity contribution in [3.05, 3.63) is 98.5 Å². The lowest BCUT2D eigenvalue weighted by atomic mass is 10.1. The number of carbonyl (C=O) groups excluding carboxylic acids is 1. The number of thioether (sulfide) groups is 1. The van der Waals surface area contributed by atoms with Crippen molar-refractivity contribution in [3.63, 3.8) is 0 Å². The fourth-order valence-corrected chi connectivity index (χ4v) is 4.12. The third-order valence-electron chi connectivity index (χ3n) is 4.40. The summed E-state index contributed by atoms with van der Waals surface area (Å²) in [5.74, 6) is -0.668. The van der Waals surface area contributed by atoms with E-state index in [0.717, 1.165) is 11.8 Å². The van der Waals surface area contributed by atoms with Crippen LogP contribution in [-0.4, -0.2) is 21.1 Å². The summed E-state index contributed by atoms with van der Waals surface area (Å²) >= 11 is 12.9. The van der Waals surface area contributed by atoms with E-state index in [4.69, 9.17) is 23.2 Å². The monoisotopic (exact) mass is 458 g/mol. The van der Waals surface area contributed by atoms with Crippen molar-refractivity contribution in [3.8, 4) is 5.69 Å². The average Bonchev–Trinajstić information content (AvgIpc) is 2.75. The third kappa shape index (κ3) is 4.12. The number of halogens is 3. The normalized spacial score (nSPS) is 11.0. The molecule has 0 atom stereocenters. The first-order valence-corrected chi connectivity index (χ1v) is 10.6. The van der Waals surface area contributed by atoms with Crippen molar-refractivity contribution in [1.82, 2.24) is 9.55 Å². The molecular weight excluding hydrogens is 446 g/mol. The molecule has 1 aromatic heterocycles. The number of aromatic nitrogens is 2. The summed E-state index contributed by atoms with van der Waals surface area (Å²) in [5, 5.41) is 1.15. The van der Waals surface area contributed by atoms with Crippen molar-refractivity contribution in [2.75, 3.05) is 5.75 Å². The molecule has 0 aliphatic heterocycles. The van der Waals surface area contributed by atoms with E-state index in [9.17, 15) is 14.0 Å². The highest BCUT2D eigenvalue weighted by Gasteiger charge is 2.16. The quantitative estimate of drug-likeness (QED) is 0.215. The maximum absolute atomic E-state index is 13.6. The number of Topliss-reactive ketones (excluding diaryl/α,β-unsaturated/α-hetero) is 1. The number of ketones is 1. The highest BCUT2D eigenvalue weighted by molar-refractivity contribution is 7.99. The van der Waals surface area contributed by atoms with E-state index in [1.54, 1.807) is 48.5 Å². The standard InChI is InChI=1S/C22H13Cl2FN2O2S/c23-14-7-5-13(6-8-14)20(28)12-30-22-26-19-4-2-1-3-16(19)21(29)27(22)15-9-10-18(25)17(24)11-15/h1-11H,12H2. The smallest absolute Gasteiger partial charge is 0.266 e. The van der Waals surface area contributed by atoms with Crippen molar-refractivity contribution in [2.24, 2.45) is 0 Å². The molecule has 0 radical (unpaired) electrons. The first-order valence-electron chi connectivity index (χ1n) is 8.83. The molecule has 0 spiro atoms. The predicted molar refractivity (Wildman–Crippen MR) is 119 cm³/mol. The van der Waals surface area contributed by atoms with E-state index in [1.165, 1.54) is 22.8 Å². The van der Waals surface area contributed by atoms with Crippen LogP contribution >= 0.6 is 35.0 Å². The fraction of sp³-hybridized carbons (Fsp3) is 0.0455. The number of fused-ring (bicyclic) bond motifs is 1.